The summed E-state index contributed by atoms with van der Waals surface area (Å²) in [5, 5.41) is 19.4. The number of hydrogen-bond acceptors (Lipinski definition) is 7. The summed E-state index contributed by atoms with van der Waals surface area (Å²) in [5.41, 5.74) is 1.25. The topological polar surface area (TPSA) is 97.1 Å². The fraction of sp³-hybridized carbons (Fsp3) is 0.235. The molecule has 9 heteroatoms. The summed E-state index contributed by atoms with van der Waals surface area (Å²) in [6, 6.07) is 7.51. The third kappa shape index (κ3) is 4.62. The van der Waals surface area contributed by atoms with Crippen LogP contribution in [0.2, 0.25) is 5.02 Å². The SMILES string of the molecule is [2H]C([2H])(O)C([2H])([2H])n1cc(Nc2ncc(Cl)c(NCc3cccc(OC)c3)n2)cn1. The largest absolute Gasteiger partial charge is 0.497 e. The highest BCUT2D eigenvalue weighted by atomic mass is 35.5. The third-order valence-corrected chi connectivity index (χ3v) is 3.62. The van der Waals surface area contributed by atoms with E-state index >= 15 is 0 Å². The molecule has 0 fully saturated rings. The summed E-state index contributed by atoms with van der Waals surface area (Å²) in [5.74, 6) is 1.28. The molecule has 0 bridgehead atoms. The number of aromatic nitrogens is 4. The average Bonchev–Trinajstić information content (AvgIpc) is 3.17. The quantitative estimate of drug-likeness (QED) is 0.554. The van der Waals surface area contributed by atoms with Gasteiger partial charge in [0.15, 0.2) is 5.82 Å². The zero-order valence-electron chi connectivity index (χ0n) is 17.8. The van der Waals surface area contributed by atoms with Gasteiger partial charge in [-0.05, 0) is 17.7 Å². The molecular weight excluding hydrogens is 356 g/mol. The molecule has 0 aliphatic carbocycles. The lowest BCUT2D eigenvalue weighted by Gasteiger charge is -2.10. The Bertz CT molecular complexity index is 1030. The second kappa shape index (κ2) is 8.50. The van der Waals surface area contributed by atoms with Crippen LogP contribution in [0.15, 0.2) is 42.9 Å². The monoisotopic (exact) mass is 378 g/mol. The van der Waals surface area contributed by atoms with Gasteiger partial charge in [-0.25, -0.2) is 4.98 Å². The zero-order chi connectivity index (χ0) is 21.9. The summed E-state index contributed by atoms with van der Waals surface area (Å²) in [6.45, 7) is -5.45. The smallest absolute Gasteiger partial charge is 0.229 e. The summed E-state index contributed by atoms with van der Waals surface area (Å²) < 4.78 is 35.7. The van der Waals surface area contributed by atoms with Crippen molar-refractivity contribution < 1.29 is 15.3 Å². The molecular formula is C17H19ClN6O2. The van der Waals surface area contributed by atoms with Gasteiger partial charge in [0.1, 0.15) is 10.8 Å². The van der Waals surface area contributed by atoms with Gasteiger partial charge >= 0.3 is 0 Å². The maximum Gasteiger partial charge on any atom is 0.229 e. The van der Waals surface area contributed by atoms with Crippen molar-refractivity contribution >= 4 is 29.1 Å². The highest BCUT2D eigenvalue weighted by Crippen LogP contribution is 2.22. The molecule has 136 valence electrons. The van der Waals surface area contributed by atoms with Crippen molar-refractivity contribution in [3.63, 3.8) is 0 Å². The van der Waals surface area contributed by atoms with Crippen LogP contribution in [0.1, 0.15) is 11.0 Å². The average molecular weight is 379 g/mol. The summed E-state index contributed by atoms with van der Waals surface area (Å²) in [4.78, 5) is 8.36. The van der Waals surface area contributed by atoms with Gasteiger partial charge in [0.2, 0.25) is 5.95 Å². The van der Waals surface area contributed by atoms with Crippen molar-refractivity contribution in [2.45, 2.75) is 13.0 Å². The predicted octanol–water partition coefficient (Wildman–Crippen LogP) is 2.68. The van der Waals surface area contributed by atoms with Crippen LogP contribution in [0.3, 0.4) is 0 Å². The number of benzene rings is 1. The molecule has 3 aromatic rings. The van der Waals surface area contributed by atoms with Crippen molar-refractivity contribution in [2.24, 2.45) is 0 Å². The van der Waals surface area contributed by atoms with E-state index in [0.717, 1.165) is 11.3 Å². The van der Waals surface area contributed by atoms with Crippen molar-refractivity contribution in [1.29, 1.82) is 0 Å². The number of aryl methyl sites for hydroxylation is 1. The van der Waals surface area contributed by atoms with E-state index in [4.69, 9.17) is 21.8 Å². The molecule has 0 saturated carbocycles. The van der Waals surface area contributed by atoms with Crippen LogP contribution in [-0.2, 0) is 13.0 Å². The molecule has 8 nitrogen and oxygen atoms in total. The van der Waals surface area contributed by atoms with E-state index in [2.05, 4.69) is 25.7 Å². The first kappa shape index (κ1) is 13.4. The van der Waals surface area contributed by atoms with Gasteiger partial charge in [0.05, 0.1) is 43.7 Å². The maximum atomic E-state index is 9.37. The molecule has 3 rings (SSSR count). The summed E-state index contributed by atoms with van der Waals surface area (Å²) >= 11 is 6.16. The van der Waals surface area contributed by atoms with E-state index in [0.29, 0.717) is 27.8 Å². The zero-order valence-corrected chi connectivity index (χ0v) is 14.5. The number of rotatable bonds is 8. The number of hydrogen-bond donors (Lipinski definition) is 3. The maximum absolute atomic E-state index is 9.37. The number of anilines is 3. The van der Waals surface area contributed by atoms with E-state index in [1.165, 1.54) is 18.6 Å². The second-order valence-electron chi connectivity index (χ2n) is 5.12. The molecule has 0 aliphatic heterocycles. The first-order valence-corrected chi connectivity index (χ1v) is 7.92. The van der Waals surface area contributed by atoms with Gasteiger partial charge in [0, 0.05) is 12.7 Å². The molecule has 0 spiro atoms. The Morgan fingerprint density at radius 1 is 1.38 bits per heavy atom. The number of aliphatic hydroxyl groups is 1. The van der Waals surface area contributed by atoms with E-state index < -0.39 is 13.1 Å². The van der Waals surface area contributed by atoms with Gasteiger partial charge in [-0.15, -0.1) is 0 Å². The van der Waals surface area contributed by atoms with Crippen molar-refractivity contribution in [1.82, 2.24) is 19.7 Å². The third-order valence-electron chi connectivity index (χ3n) is 3.34. The van der Waals surface area contributed by atoms with E-state index in [1.54, 1.807) is 7.11 Å². The lowest BCUT2D eigenvalue weighted by atomic mass is 10.2. The Hall–Kier alpha value is -2.84. The first-order valence-electron chi connectivity index (χ1n) is 9.54. The molecule has 0 saturated heterocycles. The molecule has 2 aromatic heterocycles. The number of ether oxygens (including phenoxy) is 1. The van der Waals surface area contributed by atoms with Crippen molar-refractivity contribution in [3.8, 4) is 5.75 Å². The molecule has 26 heavy (non-hydrogen) atoms. The highest BCUT2D eigenvalue weighted by molar-refractivity contribution is 6.32. The van der Waals surface area contributed by atoms with Gasteiger partial charge < -0.3 is 20.5 Å². The number of halogens is 1. The number of methoxy groups -OCH3 is 1. The van der Waals surface area contributed by atoms with Crippen LogP contribution < -0.4 is 15.4 Å². The minimum absolute atomic E-state index is 0.166. The van der Waals surface area contributed by atoms with E-state index in [-0.39, 0.29) is 5.95 Å². The number of nitrogens with one attached hydrogen (secondary N) is 2. The van der Waals surface area contributed by atoms with Crippen molar-refractivity contribution in [2.75, 3.05) is 24.3 Å². The van der Waals surface area contributed by atoms with Crippen LogP contribution in [-0.4, -0.2) is 38.5 Å². The molecule has 0 unspecified atom stereocenters. The Morgan fingerprint density at radius 3 is 3.08 bits per heavy atom. The van der Waals surface area contributed by atoms with Crippen LogP contribution in [0, 0.1) is 0 Å². The lowest BCUT2D eigenvalue weighted by molar-refractivity contribution is 0.269. The molecule has 0 radical (unpaired) electrons. The van der Waals surface area contributed by atoms with Crippen LogP contribution in [0.25, 0.3) is 0 Å². The van der Waals surface area contributed by atoms with Gasteiger partial charge in [-0.1, -0.05) is 23.7 Å². The summed E-state index contributed by atoms with van der Waals surface area (Å²) in [6.07, 6.45) is 3.85. The van der Waals surface area contributed by atoms with Crippen LogP contribution in [0.4, 0.5) is 17.5 Å². The van der Waals surface area contributed by atoms with E-state index in [1.807, 2.05) is 24.3 Å². The molecule has 2 heterocycles. The molecule has 3 N–H and O–H groups in total. The van der Waals surface area contributed by atoms with Gasteiger partial charge in [-0.2, -0.15) is 10.1 Å². The Labute approximate surface area is 161 Å². The van der Waals surface area contributed by atoms with Gasteiger partial charge in [-0.3, -0.25) is 4.68 Å². The van der Waals surface area contributed by atoms with Crippen molar-refractivity contribution in [3.05, 3.63) is 53.4 Å². The number of nitrogens with zero attached hydrogens (tertiary/aromatic N) is 4. The minimum atomic E-state index is -3.12. The second-order valence-corrected chi connectivity index (χ2v) is 5.52. The Morgan fingerprint density at radius 2 is 2.27 bits per heavy atom. The first-order chi connectivity index (χ1) is 14.1. The molecule has 0 atom stereocenters. The van der Waals surface area contributed by atoms with Gasteiger partial charge in [0.25, 0.3) is 0 Å². The van der Waals surface area contributed by atoms with E-state index in [9.17, 15) is 5.11 Å². The Balaban J connectivity index is 1.73. The Kier molecular flexibility index (Phi) is 4.37. The fourth-order valence-corrected chi connectivity index (χ4v) is 2.31. The predicted molar refractivity (Wildman–Crippen MR) is 100.0 cm³/mol. The highest BCUT2D eigenvalue weighted by Gasteiger charge is 2.07. The molecule has 0 aliphatic rings. The fourth-order valence-electron chi connectivity index (χ4n) is 2.15. The normalized spacial score (nSPS) is 14.0. The lowest BCUT2D eigenvalue weighted by Crippen LogP contribution is -2.05. The van der Waals surface area contributed by atoms with Crippen LogP contribution in [0.5, 0.6) is 5.75 Å². The molecule has 0 amide bonds. The summed E-state index contributed by atoms with van der Waals surface area (Å²) in [7, 11) is 1.59. The minimum Gasteiger partial charge on any atom is -0.497 e. The molecule has 1 aromatic carbocycles. The van der Waals surface area contributed by atoms with Crippen LogP contribution >= 0.6 is 11.6 Å². The standard InChI is InChI=1S/C17H19ClN6O2/c1-26-14-4-2-3-12(7-14)8-19-16-15(18)10-20-17(23-16)22-13-9-21-24(11-13)5-6-25/h2-4,7,9-11,25H,5-6,8H2,1H3,(H2,19,20,22,23)/i5D2,6D2.